The maximum Gasteiger partial charge on any atom is 0.176 e. The van der Waals surface area contributed by atoms with Gasteiger partial charge in [0.15, 0.2) is 5.78 Å². The lowest BCUT2D eigenvalue weighted by Gasteiger charge is -2.36. The third kappa shape index (κ3) is 2.41. The number of ether oxygens (including phenoxy) is 2. The van der Waals surface area contributed by atoms with E-state index in [4.69, 9.17) is 9.47 Å². The van der Waals surface area contributed by atoms with Crippen molar-refractivity contribution >= 4 is 33.0 Å². The lowest BCUT2D eigenvalue weighted by Crippen LogP contribution is -2.42. The van der Waals surface area contributed by atoms with E-state index in [0.29, 0.717) is 13.2 Å². The van der Waals surface area contributed by atoms with Gasteiger partial charge in [0.2, 0.25) is 0 Å². The van der Waals surface area contributed by atoms with Crippen molar-refractivity contribution in [2.75, 3.05) is 19.8 Å². The zero-order chi connectivity index (χ0) is 12.6. The molecule has 2 saturated heterocycles. The quantitative estimate of drug-likeness (QED) is 0.780. The summed E-state index contributed by atoms with van der Waals surface area (Å²) in [6, 6.07) is 1.92. The number of Topliss-reactive ketones (excluding diaryl/α,β-unsaturated/α-hetero) is 1. The lowest BCUT2D eigenvalue weighted by molar-refractivity contribution is -0.0920. The van der Waals surface area contributed by atoms with Crippen molar-refractivity contribution in [3.8, 4) is 0 Å². The summed E-state index contributed by atoms with van der Waals surface area (Å²) < 4.78 is 12.3. The Balaban J connectivity index is 1.74. The average molecular weight is 331 g/mol. The van der Waals surface area contributed by atoms with Crippen LogP contribution in [-0.4, -0.2) is 31.2 Å². The van der Waals surface area contributed by atoms with E-state index >= 15 is 0 Å². The fourth-order valence-corrected chi connectivity index (χ4v) is 4.20. The number of hydrogen-bond donors (Lipinski definition) is 0. The van der Waals surface area contributed by atoms with E-state index < -0.39 is 0 Å². The van der Waals surface area contributed by atoms with Crippen LogP contribution >= 0.6 is 27.3 Å². The third-order valence-corrected chi connectivity index (χ3v) is 5.45. The smallest absolute Gasteiger partial charge is 0.176 e. The average Bonchev–Trinajstić information content (AvgIpc) is 2.98. The Hall–Kier alpha value is -0.230. The highest BCUT2D eigenvalue weighted by Gasteiger charge is 2.43. The highest BCUT2D eigenvalue weighted by atomic mass is 79.9. The Morgan fingerprint density at radius 1 is 1.50 bits per heavy atom. The van der Waals surface area contributed by atoms with Crippen molar-refractivity contribution in [2.45, 2.75) is 24.9 Å². The van der Waals surface area contributed by atoms with Gasteiger partial charge in [-0.3, -0.25) is 4.79 Å². The largest absolute Gasteiger partial charge is 0.378 e. The summed E-state index contributed by atoms with van der Waals surface area (Å²) >= 11 is 4.91. The Labute approximate surface area is 119 Å². The lowest BCUT2D eigenvalue weighted by atomic mass is 9.82. The van der Waals surface area contributed by atoms with Crippen molar-refractivity contribution in [2.24, 2.45) is 5.92 Å². The molecule has 1 aromatic heterocycles. The summed E-state index contributed by atoms with van der Waals surface area (Å²) in [5, 5.41) is 1.96. The normalized spacial score (nSPS) is 31.9. The molecule has 0 bridgehead atoms. The van der Waals surface area contributed by atoms with Crippen molar-refractivity contribution in [3.63, 3.8) is 0 Å². The number of halogens is 1. The molecule has 0 radical (unpaired) electrons. The van der Waals surface area contributed by atoms with Gasteiger partial charge in [0, 0.05) is 35.4 Å². The monoisotopic (exact) mass is 330 g/mol. The molecule has 3 rings (SSSR count). The van der Waals surface area contributed by atoms with Gasteiger partial charge in [-0.25, -0.2) is 0 Å². The number of carbonyl (C=O) groups excluding carboxylic acids is 1. The number of ketones is 1. The third-order valence-electron chi connectivity index (χ3n) is 3.74. The van der Waals surface area contributed by atoms with Gasteiger partial charge in [0.05, 0.1) is 17.1 Å². The Kier molecular flexibility index (Phi) is 3.58. The van der Waals surface area contributed by atoms with E-state index in [1.54, 1.807) is 0 Å². The van der Waals surface area contributed by atoms with Crippen LogP contribution < -0.4 is 0 Å². The Morgan fingerprint density at radius 2 is 2.39 bits per heavy atom. The maximum absolute atomic E-state index is 12.4. The molecule has 5 heteroatoms. The Bertz CT molecular complexity index is 451. The number of carbonyl (C=O) groups is 1. The Morgan fingerprint density at radius 3 is 3.06 bits per heavy atom. The predicted octanol–water partition coefficient (Wildman–Crippen LogP) is 3.28. The van der Waals surface area contributed by atoms with Crippen LogP contribution in [0.2, 0.25) is 0 Å². The summed E-state index contributed by atoms with van der Waals surface area (Å²) in [4.78, 5) is 13.3. The first-order valence-electron chi connectivity index (χ1n) is 6.18. The van der Waals surface area contributed by atoms with Crippen LogP contribution in [0.25, 0.3) is 0 Å². The number of rotatable bonds is 2. The molecule has 0 N–H and O–H groups in total. The van der Waals surface area contributed by atoms with E-state index in [1.807, 2.05) is 11.4 Å². The standard InChI is InChI=1S/C13H15BrO3S/c14-10-5-11(18-7-10)12(15)9-1-3-17-13(6-9)2-4-16-8-13/h5,7,9H,1-4,6,8H2. The molecule has 2 aliphatic rings. The molecular weight excluding hydrogens is 316 g/mol. The second-order valence-electron chi connectivity index (χ2n) is 5.02. The molecule has 2 atom stereocenters. The van der Waals surface area contributed by atoms with E-state index in [0.717, 1.165) is 35.2 Å². The molecule has 0 saturated carbocycles. The SMILES string of the molecule is O=C(c1cc(Br)cs1)C1CCOC2(CCOC2)C1. The highest BCUT2D eigenvalue weighted by molar-refractivity contribution is 9.10. The molecule has 0 aromatic carbocycles. The fraction of sp³-hybridized carbons (Fsp3) is 0.615. The maximum atomic E-state index is 12.4. The first kappa shape index (κ1) is 12.8. The van der Waals surface area contributed by atoms with E-state index in [9.17, 15) is 4.79 Å². The molecule has 2 unspecified atom stereocenters. The summed E-state index contributed by atoms with van der Waals surface area (Å²) in [7, 11) is 0. The molecule has 0 amide bonds. The van der Waals surface area contributed by atoms with Gasteiger partial charge in [-0.15, -0.1) is 11.3 Å². The van der Waals surface area contributed by atoms with Crippen LogP contribution in [0.1, 0.15) is 28.9 Å². The molecule has 98 valence electrons. The molecule has 18 heavy (non-hydrogen) atoms. The van der Waals surface area contributed by atoms with Crippen molar-refractivity contribution < 1.29 is 14.3 Å². The molecular formula is C13H15BrO3S. The summed E-state index contributed by atoms with van der Waals surface area (Å²) in [6.07, 6.45) is 2.56. The molecule has 3 nitrogen and oxygen atoms in total. The van der Waals surface area contributed by atoms with E-state index in [1.165, 1.54) is 11.3 Å². The molecule has 1 aromatic rings. The van der Waals surface area contributed by atoms with Crippen molar-refractivity contribution in [1.82, 2.24) is 0 Å². The van der Waals surface area contributed by atoms with Crippen LogP contribution in [0.15, 0.2) is 15.9 Å². The number of hydrogen-bond acceptors (Lipinski definition) is 4. The molecule has 0 aliphatic carbocycles. The molecule has 2 fully saturated rings. The van der Waals surface area contributed by atoms with Gasteiger partial charge in [-0.1, -0.05) is 0 Å². The first-order chi connectivity index (χ1) is 8.69. The van der Waals surface area contributed by atoms with Crippen LogP contribution in [-0.2, 0) is 9.47 Å². The predicted molar refractivity (Wildman–Crippen MR) is 73.2 cm³/mol. The zero-order valence-corrected chi connectivity index (χ0v) is 12.4. The van der Waals surface area contributed by atoms with Gasteiger partial charge in [-0.05, 0) is 34.8 Å². The highest BCUT2D eigenvalue weighted by Crippen LogP contribution is 2.37. The second kappa shape index (κ2) is 5.04. The second-order valence-corrected chi connectivity index (χ2v) is 6.84. The molecule has 1 spiro atoms. The van der Waals surface area contributed by atoms with Gasteiger partial charge in [0.1, 0.15) is 0 Å². The minimum atomic E-state index is -0.187. The summed E-state index contributed by atoms with van der Waals surface area (Å²) in [5.41, 5.74) is -0.187. The van der Waals surface area contributed by atoms with Gasteiger partial charge in [-0.2, -0.15) is 0 Å². The number of thiophene rings is 1. The molecule has 3 heterocycles. The van der Waals surface area contributed by atoms with Crippen molar-refractivity contribution in [1.29, 1.82) is 0 Å². The van der Waals surface area contributed by atoms with Crippen LogP contribution in [0, 0.1) is 5.92 Å². The minimum absolute atomic E-state index is 0.0889. The molecule has 2 aliphatic heterocycles. The van der Waals surface area contributed by atoms with Gasteiger partial charge < -0.3 is 9.47 Å². The van der Waals surface area contributed by atoms with Crippen molar-refractivity contribution in [3.05, 3.63) is 20.8 Å². The summed E-state index contributed by atoms with van der Waals surface area (Å²) in [5.74, 6) is 0.353. The van der Waals surface area contributed by atoms with E-state index in [-0.39, 0.29) is 17.3 Å². The minimum Gasteiger partial charge on any atom is -0.378 e. The van der Waals surface area contributed by atoms with Crippen LogP contribution in [0.5, 0.6) is 0 Å². The van der Waals surface area contributed by atoms with Gasteiger partial charge >= 0.3 is 0 Å². The fourth-order valence-electron chi connectivity index (χ4n) is 2.76. The van der Waals surface area contributed by atoms with E-state index in [2.05, 4.69) is 15.9 Å². The van der Waals surface area contributed by atoms with Crippen LogP contribution in [0.3, 0.4) is 0 Å². The topological polar surface area (TPSA) is 35.5 Å². The van der Waals surface area contributed by atoms with Gasteiger partial charge in [0.25, 0.3) is 0 Å². The van der Waals surface area contributed by atoms with Crippen LogP contribution in [0.4, 0.5) is 0 Å². The zero-order valence-electron chi connectivity index (χ0n) is 9.99. The summed E-state index contributed by atoms with van der Waals surface area (Å²) in [6.45, 7) is 2.07. The first-order valence-corrected chi connectivity index (χ1v) is 7.86.